The first-order valence-corrected chi connectivity index (χ1v) is 6.65. The normalized spacial score (nSPS) is 25.6. The second-order valence-corrected chi connectivity index (χ2v) is 5.80. The molecular weight excluding hydrogens is 235 g/mol. The van der Waals surface area contributed by atoms with Crippen LogP contribution >= 0.6 is 0 Å². The summed E-state index contributed by atoms with van der Waals surface area (Å²) in [4.78, 5) is 26.4. The molecule has 0 unspecified atom stereocenters. The zero-order chi connectivity index (χ0) is 13.4. The lowest BCUT2D eigenvalue weighted by atomic mass is 9.86. The molecule has 1 spiro atoms. The molecule has 1 aliphatic heterocycles. The van der Waals surface area contributed by atoms with Gasteiger partial charge in [0.05, 0.1) is 6.67 Å². The number of carbonyl (C=O) groups is 2. The van der Waals surface area contributed by atoms with Crippen LogP contribution in [0.15, 0.2) is 0 Å². The fourth-order valence-electron chi connectivity index (χ4n) is 2.97. The van der Waals surface area contributed by atoms with Gasteiger partial charge >= 0.3 is 0 Å². The van der Waals surface area contributed by atoms with Crippen molar-refractivity contribution in [3.05, 3.63) is 0 Å². The minimum absolute atomic E-state index is 0.0296. The van der Waals surface area contributed by atoms with Gasteiger partial charge in [-0.25, -0.2) is 0 Å². The maximum Gasteiger partial charge on any atom is 0.249 e. The lowest BCUT2D eigenvalue weighted by Crippen LogP contribution is -2.73. The van der Waals surface area contributed by atoms with Crippen LogP contribution < -0.4 is 5.32 Å². The lowest BCUT2D eigenvalue weighted by Gasteiger charge is -2.48. The molecule has 0 aromatic rings. The predicted octanol–water partition coefficient (Wildman–Crippen LogP) is 1.40. The Morgan fingerprint density at radius 3 is 2.44 bits per heavy atom. The largest absolute Gasteiger partial charge is 0.340 e. The molecule has 1 heterocycles. The lowest BCUT2D eigenvalue weighted by molar-refractivity contribution is -0.161. The number of halogens is 1. The van der Waals surface area contributed by atoms with Crippen molar-refractivity contribution in [2.45, 2.75) is 57.0 Å². The van der Waals surface area contributed by atoms with Crippen molar-refractivity contribution in [1.82, 2.24) is 10.2 Å². The summed E-state index contributed by atoms with van der Waals surface area (Å²) < 4.78 is 12.4. The zero-order valence-electron chi connectivity index (χ0n) is 11.1. The van der Waals surface area contributed by atoms with Gasteiger partial charge in [0.15, 0.2) is 0 Å². The van der Waals surface area contributed by atoms with Gasteiger partial charge in [0.25, 0.3) is 0 Å². The number of hydrogen-bond acceptors (Lipinski definition) is 2. The Kier molecular flexibility index (Phi) is 3.34. The third-order valence-corrected chi connectivity index (χ3v) is 4.21. The summed E-state index contributed by atoms with van der Waals surface area (Å²) in [5, 5.41) is 2.91. The van der Waals surface area contributed by atoms with Crippen LogP contribution in [-0.4, -0.2) is 41.0 Å². The fourth-order valence-corrected chi connectivity index (χ4v) is 2.97. The smallest absolute Gasteiger partial charge is 0.249 e. The molecular formula is C13H21FN2O2. The number of nitrogens with one attached hydrogen (secondary N) is 1. The first kappa shape index (κ1) is 13.3. The molecule has 18 heavy (non-hydrogen) atoms. The van der Waals surface area contributed by atoms with Crippen LogP contribution in [0.1, 0.15) is 46.0 Å². The summed E-state index contributed by atoms with van der Waals surface area (Å²) in [6.45, 7) is 3.30. The molecule has 2 fully saturated rings. The van der Waals surface area contributed by atoms with Crippen LogP contribution in [0.5, 0.6) is 0 Å². The molecule has 102 valence electrons. The molecule has 4 nitrogen and oxygen atoms in total. The Hall–Kier alpha value is -1.13. The molecule has 0 radical (unpaired) electrons. The molecule has 1 aliphatic carbocycles. The van der Waals surface area contributed by atoms with E-state index in [1.54, 1.807) is 18.7 Å². The van der Waals surface area contributed by atoms with Crippen LogP contribution in [0.25, 0.3) is 0 Å². The monoisotopic (exact) mass is 256 g/mol. The van der Waals surface area contributed by atoms with E-state index in [2.05, 4.69) is 5.32 Å². The van der Waals surface area contributed by atoms with Gasteiger partial charge in [-0.2, -0.15) is 0 Å². The average molecular weight is 256 g/mol. The van der Waals surface area contributed by atoms with E-state index < -0.39 is 17.8 Å². The highest BCUT2D eigenvalue weighted by molar-refractivity contribution is 6.02. The van der Waals surface area contributed by atoms with Crippen molar-refractivity contribution in [3.63, 3.8) is 0 Å². The van der Waals surface area contributed by atoms with Crippen molar-refractivity contribution >= 4 is 11.8 Å². The highest BCUT2D eigenvalue weighted by Gasteiger charge is 2.54. The topological polar surface area (TPSA) is 49.4 Å². The molecule has 0 bridgehead atoms. The maximum absolute atomic E-state index is 12.6. The minimum atomic E-state index is -0.875. The third-order valence-electron chi connectivity index (χ3n) is 4.21. The predicted molar refractivity (Wildman–Crippen MR) is 65.7 cm³/mol. The number of nitrogens with zero attached hydrogens (tertiary/aromatic N) is 1. The highest BCUT2D eigenvalue weighted by Crippen LogP contribution is 2.37. The van der Waals surface area contributed by atoms with Crippen molar-refractivity contribution in [2.24, 2.45) is 0 Å². The summed E-state index contributed by atoms with van der Waals surface area (Å²) in [5.74, 6) is -0.152. The first-order valence-electron chi connectivity index (χ1n) is 6.65. The Balaban J connectivity index is 2.27. The quantitative estimate of drug-likeness (QED) is 0.829. The van der Waals surface area contributed by atoms with Gasteiger partial charge < -0.3 is 10.2 Å². The van der Waals surface area contributed by atoms with E-state index in [0.717, 1.165) is 12.8 Å². The van der Waals surface area contributed by atoms with Crippen molar-refractivity contribution < 1.29 is 14.0 Å². The number of hydrogen-bond donors (Lipinski definition) is 1. The summed E-state index contributed by atoms with van der Waals surface area (Å²) in [7, 11) is 0. The molecule has 2 aliphatic rings. The second kappa shape index (κ2) is 4.52. The molecule has 0 aromatic carbocycles. The Labute approximate surface area is 107 Å². The molecule has 0 atom stereocenters. The van der Waals surface area contributed by atoms with Gasteiger partial charge in [-0.05, 0) is 33.1 Å². The minimum Gasteiger partial charge on any atom is -0.340 e. The van der Waals surface area contributed by atoms with E-state index >= 15 is 0 Å². The van der Waals surface area contributed by atoms with E-state index in [1.807, 2.05) is 0 Å². The van der Waals surface area contributed by atoms with Crippen LogP contribution in [0.4, 0.5) is 4.39 Å². The molecule has 5 heteroatoms. The average Bonchev–Trinajstić information content (AvgIpc) is 2.77. The number of alkyl halides is 1. The molecule has 0 aromatic heterocycles. The van der Waals surface area contributed by atoms with Crippen LogP contribution in [0, 0.1) is 0 Å². The molecule has 1 saturated carbocycles. The molecule has 2 amide bonds. The van der Waals surface area contributed by atoms with E-state index in [0.29, 0.717) is 25.8 Å². The van der Waals surface area contributed by atoms with E-state index in [1.165, 1.54) is 0 Å². The van der Waals surface area contributed by atoms with Crippen molar-refractivity contribution in [1.29, 1.82) is 0 Å². The van der Waals surface area contributed by atoms with Crippen LogP contribution in [0.2, 0.25) is 0 Å². The number of amides is 2. The van der Waals surface area contributed by atoms with Gasteiger partial charge in [0.2, 0.25) is 11.8 Å². The van der Waals surface area contributed by atoms with Gasteiger partial charge in [0.1, 0.15) is 11.1 Å². The van der Waals surface area contributed by atoms with Gasteiger partial charge in [-0.15, -0.1) is 0 Å². The summed E-state index contributed by atoms with van der Waals surface area (Å²) in [6, 6.07) is 0. The highest BCUT2D eigenvalue weighted by atomic mass is 19.1. The van der Waals surface area contributed by atoms with E-state index in [9.17, 15) is 14.0 Å². The Morgan fingerprint density at radius 2 is 1.89 bits per heavy atom. The third kappa shape index (κ3) is 1.89. The van der Waals surface area contributed by atoms with Gasteiger partial charge in [0, 0.05) is 6.54 Å². The van der Waals surface area contributed by atoms with E-state index in [-0.39, 0.29) is 11.8 Å². The summed E-state index contributed by atoms with van der Waals surface area (Å²) >= 11 is 0. The Bertz CT molecular complexity index is 362. The SMILES string of the molecule is CC1(C)C(=O)NC2(CCCC2)C(=O)N1CCCF. The van der Waals surface area contributed by atoms with Gasteiger partial charge in [-0.1, -0.05) is 12.8 Å². The molecule has 2 rings (SSSR count). The first-order chi connectivity index (χ1) is 8.44. The summed E-state index contributed by atoms with van der Waals surface area (Å²) in [6.07, 6.45) is 3.63. The molecule has 1 N–H and O–H groups in total. The fraction of sp³-hybridized carbons (Fsp3) is 0.846. The van der Waals surface area contributed by atoms with Crippen LogP contribution in [-0.2, 0) is 9.59 Å². The maximum atomic E-state index is 12.6. The van der Waals surface area contributed by atoms with E-state index in [4.69, 9.17) is 0 Å². The van der Waals surface area contributed by atoms with Crippen molar-refractivity contribution in [3.8, 4) is 0 Å². The van der Waals surface area contributed by atoms with Gasteiger partial charge in [-0.3, -0.25) is 14.0 Å². The number of piperazine rings is 1. The Morgan fingerprint density at radius 1 is 1.28 bits per heavy atom. The standard InChI is InChI=1S/C13H21FN2O2/c1-12(2)10(17)15-13(6-3-4-7-13)11(18)16(12)9-5-8-14/h3-9H2,1-2H3,(H,15,17). The zero-order valence-corrected chi connectivity index (χ0v) is 11.1. The number of carbonyl (C=O) groups excluding carboxylic acids is 2. The summed E-state index contributed by atoms with van der Waals surface area (Å²) in [5.41, 5.74) is -1.58. The van der Waals surface area contributed by atoms with Crippen molar-refractivity contribution in [2.75, 3.05) is 13.2 Å². The number of rotatable bonds is 3. The van der Waals surface area contributed by atoms with Crippen LogP contribution in [0.3, 0.4) is 0 Å². The molecule has 1 saturated heterocycles. The second-order valence-electron chi connectivity index (χ2n) is 5.80.